The van der Waals surface area contributed by atoms with Crippen LogP contribution in [0.3, 0.4) is 0 Å². The van der Waals surface area contributed by atoms with E-state index in [0.717, 1.165) is 34.1 Å². The van der Waals surface area contributed by atoms with Crippen molar-refractivity contribution < 1.29 is 0 Å². The molecule has 0 bridgehead atoms. The van der Waals surface area contributed by atoms with Crippen LogP contribution in [0, 0.1) is 36.5 Å². The van der Waals surface area contributed by atoms with E-state index in [1.807, 2.05) is 48.5 Å². The summed E-state index contributed by atoms with van der Waals surface area (Å²) < 4.78 is 0. The normalized spacial score (nSPS) is 14.3. The van der Waals surface area contributed by atoms with E-state index in [1.54, 1.807) is 0 Å². The Morgan fingerprint density at radius 3 is 0.852 bits per heavy atom. The number of nitriles is 2. The molecule has 0 aliphatic heterocycles. The van der Waals surface area contributed by atoms with Crippen LogP contribution < -0.4 is 9.80 Å². The molecule has 0 atom stereocenters. The van der Waals surface area contributed by atoms with Crippen molar-refractivity contribution in [2.24, 2.45) is 0 Å². The molecule has 3 aliphatic carbocycles. The molecule has 390 valence electrons. The Labute approximate surface area is 477 Å². The molecule has 0 amide bonds. The van der Waals surface area contributed by atoms with Crippen molar-refractivity contribution in [1.82, 2.24) is 0 Å². The molecule has 10 aromatic rings. The molecule has 0 aromatic heterocycles. The lowest BCUT2D eigenvalue weighted by molar-refractivity contribution is 0.660. The van der Waals surface area contributed by atoms with Crippen molar-refractivity contribution >= 4 is 58.4 Å². The van der Waals surface area contributed by atoms with Crippen LogP contribution in [-0.2, 0) is 16.2 Å². The van der Waals surface area contributed by atoms with Gasteiger partial charge in [0.15, 0.2) is 0 Å². The number of aryl methyl sites for hydroxylation is 2. The van der Waals surface area contributed by atoms with Gasteiger partial charge in [-0.05, 0) is 199 Å². The second-order valence-corrected chi connectivity index (χ2v) is 23.8. The highest BCUT2D eigenvalue weighted by molar-refractivity contribution is 5.91. The fourth-order valence-electron chi connectivity index (χ4n) is 13.2. The molecular formula is C77H62N4. The number of para-hydroxylation sites is 2. The molecule has 0 heterocycles. The fraction of sp³-hybridized carbons (Fsp3) is 0.143. The second kappa shape index (κ2) is 19.3. The van der Waals surface area contributed by atoms with Crippen LogP contribution in [0.4, 0.5) is 34.1 Å². The minimum Gasteiger partial charge on any atom is -0.310 e. The minimum atomic E-state index is -0.221. The molecule has 0 N–H and O–H groups in total. The summed E-state index contributed by atoms with van der Waals surface area (Å²) in [6.07, 6.45) is 9.08. The highest BCUT2D eigenvalue weighted by Crippen LogP contribution is 2.54. The first-order chi connectivity index (χ1) is 39.1. The summed E-state index contributed by atoms with van der Waals surface area (Å²) >= 11 is 0. The maximum absolute atomic E-state index is 9.56. The second-order valence-electron chi connectivity index (χ2n) is 23.8. The Morgan fingerprint density at radius 1 is 0.309 bits per heavy atom. The number of hydrogen-bond donors (Lipinski definition) is 0. The van der Waals surface area contributed by atoms with E-state index in [1.165, 1.54) is 100 Å². The zero-order valence-electron chi connectivity index (χ0n) is 47.2. The zero-order valence-corrected chi connectivity index (χ0v) is 47.2. The van der Waals surface area contributed by atoms with Crippen molar-refractivity contribution in [3.63, 3.8) is 0 Å². The van der Waals surface area contributed by atoms with E-state index in [0.29, 0.717) is 11.1 Å². The third-order valence-corrected chi connectivity index (χ3v) is 17.8. The monoisotopic (exact) mass is 1040 g/mol. The van der Waals surface area contributed by atoms with Crippen molar-refractivity contribution in [3.05, 3.63) is 284 Å². The Kier molecular flexibility index (Phi) is 12.1. The summed E-state index contributed by atoms with van der Waals surface area (Å²) in [7, 11) is 0. The molecule has 0 spiro atoms. The molecule has 0 saturated heterocycles. The third-order valence-electron chi connectivity index (χ3n) is 17.8. The SMILES string of the molecule is Cc1ccccc1N(c1ccc(C#N)cc1)c1ccc2c(c1)C(C)(C)c1cc(/C=C/c3ccc4c(c3)C(C)(C)c3cc(/C=C/c5ccc6c(c5)C(C)(C)c5cc(N(c7ccc(C#N)cc7)c7ccccc7C)ccc5-6)ccc3-4)ccc1-2. The van der Waals surface area contributed by atoms with Crippen molar-refractivity contribution in [1.29, 1.82) is 10.5 Å². The quantitative estimate of drug-likeness (QED) is 0.128. The van der Waals surface area contributed by atoms with Crippen LogP contribution in [0.5, 0.6) is 0 Å². The average molecular weight is 1040 g/mol. The first kappa shape index (κ1) is 50.7. The largest absolute Gasteiger partial charge is 0.310 e. The van der Waals surface area contributed by atoms with Gasteiger partial charge in [0.2, 0.25) is 0 Å². The van der Waals surface area contributed by atoms with Crippen LogP contribution in [0.25, 0.3) is 57.7 Å². The molecular weight excluding hydrogens is 981 g/mol. The van der Waals surface area contributed by atoms with Crippen molar-refractivity contribution in [3.8, 4) is 45.5 Å². The van der Waals surface area contributed by atoms with Gasteiger partial charge in [0.1, 0.15) is 0 Å². The van der Waals surface area contributed by atoms with Gasteiger partial charge in [-0.1, -0.05) is 187 Å². The summed E-state index contributed by atoms with van der Waals surface area (Å²) in [5, 5.41) is 19.1. The van der Waals surface area contributed by atoms with E-state index >= 15 is 0 Å². The molecule has 4 heteroatoms. The van der Waals surface area contributed by atoms with Crippen LogP contribution in [0.15, 0.2) is 206 Å². The molecule has 13 rings (SSSR count). The van der Waals surface area contributed by atoms with Crippen LogP contribution in [0.2, 0.25) is 0 Å². The van der Waals surface area contributed by atoms with Gasteiger partial charge in [-0.2, -0.15) is 10.5 Å². The Bertz CT molecular complexity index is 4080. The standard InChI is InChI=1S/C77H62N4/c1-49-13-9-11-15-73(49)80(57-29-21-55(47-78)22-30-57)59-33-39-65-63-37-27-53(43-69(63)76(5,6)71(65)45-59)19-17-51-25-35-61-62-36-26-52(42-68(62)75(3,4)67(61)41-51)18-20-54-28-38-64-66-40-34-60(46-72(66)77(7,8)70(64)44-54)81(74-16-12-10-14-50(74)2)58-31-23-56(48-79)24-32-58/h9-46H,1-8H3/b19-17+,20-18+. The van der Waals surface area contributed by atoms with E-state index < -0.39 is 0 Å². The smallest absolute Gasteiger partial charge is 0.0991 e. The Morgan fingerprint density at radius 2 is 0.568 bits per heavy atom. The highest BCUT2D eigenvalue weighted by Gasteiger charge is 2.39. The molecule has 0 fully saturated rings. The fourth-order valence-corrected chi connectivity index (χ4v) is 13.2. The van der Waals surface area contributed by atoms with E-state index in [2.05, 4.69) is 259 Å². The van der Waals surface area contributed by atoms with Gasteiger partial charge in [0, 0.05) is 50.4 Å². The van der Waals surface area contributed by atoms with Gasteiger partial charge in [-0.15, -0.1) is 0 Å². The summed E-state index contributed by atoms with van der Waals surface area (Å²) in [6.45, 7) is 18.4. The van der Waals surface area contributed by atoms with Gasteiger partial charge < -0.3 is 9.80 Å². The predicted octanol–water partition coefficient (Wildman–Crippen LogP) is 20.2. The summed E-state index contributed by atoms with van der Waals surface area (Å²) in [4.78, 5) is 4.62. The average Bonchev–Trinajstić information content (AvgIpc) is 4.18. The zero-order chi connectivity index (χ0) is 56.0. The lowest BCUT2D eigenvalue weighted by atomic mass is 9.81. The van der Waals surface area contributed by atoms with Gasteiger partial charge in [-0.3, -0.25) is 0 Å². The van der Waals surface area contributed by atoms with Gasteiger partial charge in [0.25, 0.3) is 0 Å². The molecule has 0 unspecified atom stereocenters. The summed E-state index contributed by atoms with van der Waals surface area (Å²) in [6, 6.07) is 78.9. The highest BCUT2D eigenvalue weighted by atomic mass is 15.1. The van der Waals surface area contributed by atoms with E-state index in [4.69, 9.17) is 0 Å². The molecule has 3 aliphatic rings. The predicted molar refractivity (Wildman–Crippen MR) is 338 cm³/mol. The van der Waals surface area contributed by atoms with Gasteiger partial charge >= 0.3 is 0 Å². The summed E-state index contributed by atoms with van der Waals surface area (Å²) in [5.41, 5.74) is 29.9. The minimum absolute atomic E-state index is 0.174. The first-order valence-corrected chi connectivity index (χ1v) is 28.1. The topological polar surface area (TPSA) is 54.1 Å². The Balaban J connectivity index is 0.732. The number of rotatable bonds is 10. The van der Waals surface area contributed by atoms with Gasteiger partial charge in [-0.25, -0.2) is 0 Å². The molecule has 0 radical (unpaired) electrons. The maximum Gasteiger partial charge on any atom is 0.0991 e. The van der Waals surface area contributed by atoms with E-state index in [9.17, 15) is 10.5 Å². The summed E-state index contributed by atoms with van der Waals surface area (Å²) in [5.74, 6) is 0. The van der Waals surface area contributed by atoms with E-state index in [-0.39, 0.29) is 16.2 Å². The number of hydrogen-bond acceptors (Lipinski definition) is 4. The molecule has 10 aromatic carbocycles. The van der Waals surface area contributed by atoms with Crippen LogP contribution >= 0.6 is 0 Å². The number of nitrogens with zero attached hydrogens (tertiary/aromatic N) is 4. The Hall–Kier alpha value is -9.74. The van der Waals surface area contributed by atoms with Crippen molar-refractivity contribution in [2.45, 2.75) is 71.6 Å². The number of anilines is 6. The maximum atomic E-state index is 9.56. The van der Waals surface area contributed by atoms with Crippen LogP contribution in [-0.4, -0.2) is 0 Å². The lowest BCUT2D eigenvalue weighted by Crippen LogP contribution is -2.17. The molecule has 4 nitrogen and oxygen atoms in total. The third kappa shape index (κ3) is 8.50. The number of fused-ring (bicyclic) bond motifs is 9. The molecule has 81 heavy (non-hydrogen) atoms. The first-order valence-electron chi connectivity index (χ1n) is 28.1. The molecule has 0 saturated carbocycles. The number of benzene rings is 10. The van der Waals surface area contributed by atoms with Crippen LogP contribution in [0.1, 0.15) is 119 Å². The van der Waals surface area contributed by atoms with Crippen molar-refractivity contribution in [2.75, 3.05) is 9.80 Å². The van der Waals surface area contributed by atoms with Gasteiger partial charge in [0.05, 0.1) is 23.3 Å². The lowest BCUT2D eigenvalue weighted by Gasteiger charge is -2.29.